The molecule has 18 rings (SSSR count). The summed E-state index contributed by atoms with van der Waals surface area (Å²) < 4.78 is 8.68. The Labute approximate surface area is 994 Å². The molecule has 0 saturated heterocycles. The number of thiol groups is 1. The molecule has 6 aromatic carbocycles. The molecule has 6 aromatic heterocycles. The Morgan fingerprint density at radius 2 is 0.831 bits per heavy atom. The molecular weight excluding hydrogens is 2220 g/mol. The van der Waals surface area contributed by atoms with Gasteiger partial charge in [0.25, 0.3) is 0 Å². The van der Waals surface area contributed by atoms with Crippen LogP contribution in [0.4, 0.5) is 34.1 Å². The van der Waals surface area contributed by atoms with Crippen LogP contribution in [0, 0.1) is 66.7 Å². The number of fused-ring (bicyclic) bond motifs is 6. The number of carboxylic acids is 1. The number of nitrogens with zero attached hydrogens (tertiary/aromatic N) is 9. The maximum atomic E-state index is 12.6. The Kier molecular flexibility index (Phi) is 67.1. The van der Waals surface area contributed by atoms with Gasteiger partial charge >= 0.3 is 66.3 Å². The zero-order valence-corrected chi connectivity index (χ0v) is 101. The van der Waals surface area contributed by atoms with Crippen LogP contribution in [0.5, 0.6) is 0 Å². The number of rotatable bonds is 16. The molecule has 0 aliphatic carbocycles. The van der Waals surface area contributed by atoms with Crippen LogP contribution in [0.2, 0.25) is 20.2 Å². The normalized spacial score (nSPS) is 12.4. The number of halogens is 4. The van der Waals surface area contributed by atoms with Crippen LogP contribution in [0.15, 0.2) is 238 Å². The molecule has 6 aliphatic heterocycles. The second kappa shape index (κ2) is 72.9. The van der Waals surface area contributed by atoms with E-state index >= 15 is 0 Å². The molecule has 3 amide bonds. The summed E-state index contributed by atoms with van der Waals surface area (Å²) in [5, 5.41) is 24.5. The van der Waals surface area contributed by atoms with Crippen molar-refractivity contribution >= 4 is 188 Å². The molecule has 0 atom stereocenters. The Hall–Kier alpha value is -5.43. The number of methoxy groups -OCH3 is 2. The summed E-state index contributed by atoms with van der Waals surface area (Å²) in [6.07, 6.45) is 23.8. The van der Waals surface area contributed by atoms with E-state index in [1.165, 1.54) is 179 Å². The fourth-order valence-corrected chi connectivity index (χ4v) is 18.6. The predicted octanol–water partition coefficient (Wildman–Crippen LogP) is 17.5. The van der Waals surface area contributed by atoms with Crippen molar-refractivity contribution in [2.24, 2.45) is 0 Å². The van der Waals surface area contributed by atoms with Crippen molar-refractivity contribution in [2.75, 3.05) is 119 Å². The van der Waals surface area contributed by atoms with Crippen LogP contribution in [0.3, 0.4) is 0 Å². The first kappa shape index (κ1) is 131. The van der Waals surface area contributed by atoms with Gasteiger partial charge in [-0.05, 0) is 209 Å². The number of pyridine rings is 6. The summed E-state index contributed by atoms with van der Waals surface area (Å²) in [6, 6.07) is 67.1. The number of esters is 2. The van der Waals surface area contributed by atoms with Crippen molar-refractivity contribution < 1.29 is 197 Å². The third-order valence-corrected chi connectivity index (χ3v) is 27.1. The third kappa shape index (κ3) is 46.4. The van der Waals surface area contributed by atoms with E-state index in [9.17, 15) is 28.8 Å². The van der Waals surface area contributed by atoms with Gasteiger partial charge in [0.2, 0.25) is 17.7 Å². The molecular formula is C105H117Cl4LiN12NaO10S6Y3-3. The summed E-state index contributed by atoms with van der Waals surface area (Å²) in [6.45, 7) is 20.0. The van der Waals surface area contributed by atoms with Gasteiger partial charge in [0, 0.05) is 205 Å². The van der Waals surface area contributed by atoms with Crippen molar-refractivity contribution in [3.63, 3.8) is 0 Å². The van der Waals surface area contributed by atoms with Gasteiger partial charge in [0.1, 0.15) is 5.03 Å². The zero-order valence-electron chi connectivity index (χ0n) is 83.1. The summed E-state index contributed by atoms with van der Waals surface area (Å²) >= 11 is 33.6. The number of aromatic nitrogens is 6. The molecule has 3 radical (unpaired) electrons. The molecule has 0 bridgehead atoms. The van der Waals surface area contributed by atoms with E-state index in [4.69, 9.17) is 51.5 Å². The molecule has 37 heteroatoms. The fourth-order valence-electron chi connectivity index (χ4n) is 14.5. The van der Waals surface area contributed by atoms with Gasteiger partial charge < -0.3 is 52.1 Å². The summed E-state index contributed by atoms with van der Waals surface area (Å²) in [5.74, 6) is 0.611. The van der Waals surface area contributed by atoms with Crippen molar-refractivity contribution in [3.8, 4) is 0 Å². The summed E-state index contributed by atoms with van der Waals surface area (Å²) in [7, 11) is 2.70. The van der Waals surface area contributed by atoms with E-state index in [1.54, 1.807) is 73.6 Å². The van der Waals surface area contributed by atoms with Crippen LogP contribution in [-0.4, -0.2) is 164 Å². The maximum Gasteiger partial charge on any atom is 1.00 e. The quantitative estimate of drug-likeness (QED) is 0.0150. The number of anilines is 6. The van der Waals surface area contributed by atoms with Crippen molar-refractivity contribution in [1.82, 2.24) is 29.9 Å². The van der Waals surface area contributed by atoms with E-state index in [0.717, 1.165) is 132 Å². The SMILES string of the molecule is COC(=O)CS.COC(=O)CSc1[c-]cc(C)cn1.Cc1c[c-]c(Cl)nc1.Cc1c[c-]c(SCC(=O)O)nc1.Cc1cccc2c1N(C(=O)CSc1ccc(Cl)cn1)CCC2.Cc1cccc2c1N(C(=O)CSc1ncccc1Cl)CCC2.Cc1cccc2c1NCCC2.Cc1cccc2c1NCCC2.O=C(CSc1ccc(Cl)cn1)N1CCCc2ccccc21.[H-].[Li+].[Na+].[OH-].[Y].[Y].[Y].c1ccc2c(c1)CCCN2. The molecule has 735 valence electrons. The van der Waals surface area contributed by atoms with Gasteiger partial charge in [0.15, 0.2) is 0 Å². The molecule has 22 nitrogen and oxygen atoms in total. The van der Waals surface area contributed by atoms with E-state index in [1.807, 2.05) is 71.9 Å². The fraction of sp³-hybridized carbons (Fsp3) is 0.314. The molecule has 12 heterocycles. The number of aryl methyl sites for hydroxylation is 13. The minimum absolute atomic E-state index is 0. The van der Waals surface area contributed by atoms with E-state index in [0.29, 0.717) is 47.5 Å². The summed E-state index contributed by atoms with van der Waals surface area (Å²) in [5.41, 5.74) is 23.8. The molecule has 142 heavy (non-hydrogen) atoms. The smallest absolute Gasteiger partial charge is 1.00 e. The van der Waals surface area contributed by atoms with E-state index < -0.39 is 5.97 Å². The number of carboxylic acid groups (broad SMARTS) is 1. The molecule has 0 fully saturated rings. The van der Waals surface area contributed by atoms with Crippen LogP contribution in [-0.2, 0) is 175 Å². The van der Waals surface area contributed by atoms with E-state index in [2.05, 4.69) is 217 Å². The Morgan fingerprint density at radius 1 is 0.423 bits per heavy atom. The van der Waals surface area contributed by atoms with Gasteiger partial charge in [-0.25, -0.2) is 51.4 Å². The number of amides is 3. The van der Waals surface area contributed by atoms with Crippen molar-refractivity contribution in [1.29, 1.82) is 0 Å². The molecule has 0 unspecified atom stereocenters. The van der Waals surface area contributed by atoms with Crippen LogP contribution >= 0.6 is 118 Å². The zero-order chi connectivity index (χ0) is 97.5. The van der Waals surface area contributed by atoms with Gasteiger partial charge in [-0.3, -0.25) is 43.7 Å². The predicted molar refractivity (Wildman–Crippen MR) is 568 cm³/mol. The second-order valence-corrected chi connectivity index (χ2v) is 38.4. The van der Waals surface area contributed by atoms with Crippen molar-refractivity contribution in [2.45, 2.75) is 151 Å². The first-order valence-corrected chi connectivity index (χ1v) is 51.6. The first-order valence-electron chi connectivity index (χ1n) is 44.5. The minimum atomic E-state index is -0.837. The number of carbonyl (C=O) groups excluding carboxylic acids is 5. The van der Waals surface area contributed by atoms with Crippen LogP contribution < -0.4 is 79.1 Å². The molecule has 12 aromatic rings. The van der Waals surface area contributed by atoms with Crippen molar-refractivity contribution in [3.05, 3.63) is 324 Å². The van der Waals surface area contributed by atoms with Gasteiger partial charge in [0.05, 0.1) is 73.9 Å². The maximum absolute atomic E-state index is 12.6. The van der Waals surface area contributed by atoms with Gasteiger partial charge in [-0.15, -0.1) is 44.3 Å². The number of carbonyl (C=O) groups is 6. The van der Waals surface area contributed by atoms with Gasteiger partial charge in [-0.2, -0.15) is 29.3 Å². The molecule has 5 N–H and O–H groups in total. The number of hydrogen-bond acceptors (Lipinski definition) is 24. The van der Waals surface area contributed by atoms with Gasteiger partial charge in [-0.1, -0.05) is 209 Å². The number of ether oxygens (including phenoxy) is 2. The van der Waals surface area contributed by atoms with E-state index in [-0.39, 0.29) is 200 Å². The molecule has 0 spiro atoms. The standard InChI is InChI=1S/2C17H17ClN2OS.C16H15ClN2OS.2C10H13N.C9H10NO2S.C9H11N.C8H8NO2S.C6H5ClN.C3H6O2S.Li.Na.H2O.3Y.H/c1-12-5-2-6-13-7-4-10-20(16(12)13)15(21)11-22-17-14(18)8-3-9-19-17;1-12-4-2-5-13-6-3-9-20(17(12)13)16(21)11-22-15-8-7-14(18)10-19-15;17-13-7-8-15(18-10-13)21-11-16(20)19-9-3-5-12-4-1-2-6-14(12)19;2*1-8-4-2-5-9-6-3-7-11-10(8)9;1-7-3-4-8(10-5-7)13-6-9(11)12-2;1-2-6-9-8(4-1)5-3-7-10-9;1-6-2-3-7(9-4-6)12-5-8(10)11;1-5-2-3-6(7)8-4-5;1-5-3(4)2-6;;;;;;;/h2-3,5-6,8-9H,4,7,10-11H2,1H3;2,4-5,7-8,10H,3,6,9,11H2,1H3;1-2,4,6-8,10H,3,5,9,11H2;2*2,4-5,11H,3,6-7H2,1H3;3,5H,6H2,1-2H3;1-2,4,6,10H,3,5,7H2;2,4H,5H2,1H3,(H,10,11);2,4H,1H3;6H,2H2,1H3;;;1H2;;;;/q;;;;;-1;;2*-1;;2*+1;;;;;-1/p-1. The molecule has 0 saturated carbocycles. The number of benzene rings is 6. The topological polar surface area (TPSA) is 294 Å². The monoisotopic (exact) mass is 2330 g/mol. The minimum Gasteiger partial charge on any atom is -1.00 e. The van der Waals surface area contributed by atoms with Crippen LogP contribution in [0.1, 0.15) is 112 Å². The number of aliphatic carboxylic acids is 1. The largest absolute Gasteiger partial charge is 1.00 e. The third-order valence-electron chi connectivity index (χ3n) is 21.2. The Balaban J connectivity index is 0.000000546. The average Bonchev–Trinajstić information content (AvgIpc) is 0.802. The summed E-state index contributed by atoms with van der Waals surface area (Å²) in [4.78, 5) is 98.8. The Morgan fingerprint density at radius 3 is 1.25 bits per heavy atom. The number of para-hydroxylation sites is 6. The Bertz CT molecular complexity index is 5750. The van der Waals surface area contributed by atoms with Crippen LogP contribution in [0.25, 0.3) is 0 Å². The average molecular weight is 2340 g/mol. The number of nitrogens with one attached hydrogen (secondary N) is 3. The first-order chi connectivity index (χ1) is 65.8. The number of hydrogen-bond donors (Lipinski definition) is 5. The molecule has 6 aliphatic rings. The number of thioether (sulfide) groups is 5. The second-order valence-electron chi connectivity index (χ2n) is 31.5.